The molecule has 0 amide bonds. The largest absolute Gasteiger partial charge is 0.481 e. The van der Waals surface area contributed by atoms with E-state index in [0.29, 0.717) is 5.88 Å². The summed E-state index contributed by atoms with van der Waals surface area (Å²) in [7, 11) is 1.61. The van der Waals surface area contributed by atoms with Crippen molar-refractivity contribution < 1.29 is 4.74 Å². The standard InChI is InChI=1S/C15H17BrN2O/c1-19-15-6-5-12(10-18-15)9-14(17)8-11-3-2-4-13(16)7-11/h2-7,10,14H,8-9,17H2,1H3. The minimum Gasteiger partial charge on any atom is -0.481 e. The van der Waals surface area contributed by atoms with Crippen molar-refractivity contribution in [2.45, 2.75) is 18.9 Å². The van der Waals surface area contributed by atoms with E-state index in [4.69, 9.17) is 10.5 Å². The molecule has 0 bridgehead atoms. The van der Waals surface area contributed by atoms with Gasteiger partial charge in [-0.3, -0.25) is 0 Å². The third-order valence-electron chi connectivity index (χ3n) is 2.89. The first kappa shape index (κ1) is 14.0. The van der Waals surface area contributed by atoms with Crippen molar-refractivity contribution in [3.63, 3.8) is 0 Å². The van der Waals surface area contributed by atoms with E-state index in [1.165, 1.54) is 5.56 Å². The van der Waals surface area contributed by atoms with Gasteiger partial charge in [-0.1, -0.05) is 34.1 Å². The van der Waals surface area contributed by atoms with Crippen LogP contribution in [0.15, 0.2) is 47.1 Å². The highest BCUT2D eigenvalue weighted by Crippen LogP contribution is 2.14. The Bertz CT molecular complexity index is 528. The van der Waals surface area contributed by atoms with Gasteiger partial charge in [-0.15, -0.1) is 0 Å². The van der Waals surface area contributed by atoms with Crippen molar-refractivity contribution in [2.75, 3.05) is 7.11 Å². The van der Waals surface area contributed by atoms with Crippen molar-refractivity contribution in [3.05, 3.63) is 58.2 Å². The van der Waals surface area contributed by atoms with Crippen LogP contribution in [-0.4, -0.2) is 18.1 Å². The molecule has 0 saturated carbocycles. The summed E-state index contributed by atoms with van der Waals surface area (Å²) in [6.07, 6.45) is 3.48. The second-order valence-corrected chi connectivity index (χ2v) is 5.42. The lowest BCUT2D eigenvalue weighted by atomic mass is 10.0. The molecule has 2 rings (SSSR count). The average molecular weight is 321 g/mol. The Morgan fingerprint density at radius 3 is 2.63 bits per heavy atom. The summed E-state index contributed by atoms with van der Waals surface area (Å²) < 4.78 is 6.12. The first-order chi connectivity index (χ1) is 9.17. The molecule has 0 spiro atoms. The molecule has 100 valence electrons. The summed E-state index contributed by atoms with van der Waals surface area (Å²) >= 11 is 3.47. The zero-order valence-corrected chi connectivity index (χ0v) is 12.4. The summed E-state index contributed by atoms with van der Waals surface area (Å²) in [5.74, 6) is 0.629. The maximum Gasteiger partial charge on any atom is 0.212 e. The first-order valence-corrected chi connectivity index (χ1v) is 6.95. The number of hydrogen-bond acceptors (Lipinski definition) is 3. The highest BCUT2D eigenvalue weighted by molar-refractivity contribution is 9.10. The van der Waals surface area contributed by atoms with E-state index in [-0.39, 0.29) is 6.04 Å². The van der Waals surface area contributed by atoms with Gasteiger partial charge in [0.15, 0.2) is 0 Å². The number of benzene rings is 1. The minimum atomic E-state index is 0.0875. The minimum absolute atomic E-state index is 0.0875. The molecule has 0 saturated heterocycles. The van der Waals surface area contributed by atoms with Crippen LogP contribution >= 0.6 is 15.9 Å². The van der Waals surface area contributed by atoms with Gasteiger partial charge in [0.2, 0.25) is 5.88 Å². The van der Waals surface area contributed by atoms with Crippen LogP contribution in [0, 0.1) is 0 Å². The highest BCUT2D eigenvalue weighted by Gasteiger charge is 2.06. The van der Waals surface area contributed by atoms with E-state index in [1.54, 1.807) is 7.11 Å². The fraction of sp³-hybridized carbons (Fsp3) is 0.267. The van der Waals surface area contributed by atoms with Gasteiger partial charge in [-0.2, -0.15) is 0 Å². The number of nitrogens with zero attached hydrogens (tertiary/aromatic N) is 1. The van der Waals surface area contributed by atoms with Crippen molar-refractivity contribution >= 4 is 15.9 Å². The Morgan fingerprint density at radius 2 is 2.00 bits per heavy atom. The lowest BCUT2D eigenvalue weighted by Crippen LogP contribution is -2.25. The van der Waals surface area contributed by atoms with Crippen LogP contribution < -0.4 is 10.5 Å². The first-order valence-electron chi connectivity index (χ1n) is 6.16. The van der Waals surface area contributed by atoms with Crippen molar-refractivity contribution in [3.8, 4) is 5.88 Å². The predicted molar refractivity (Wildman–Crippen MR) is 80.3 cm³/mol. The van der Waals surface area contributed by atoms with Crippen molar-refractivity contribution in [1.82, 2.24) is 4.98 Å². The number of halogens is 1. The third-order valence-corrected chi connectivity index (χ3v) is 3.38. The van der Waals surface area contributed by atoms with Crippen molar-refractivity contribution in [1.29, 1.82) is 0 Å². The second kappa shape index (κ2) is 6.68. The van der Waals surface area contributed by atoms with Gasteiger partial charge in [-0.25, -0.2) is 4.98 Å². The molecule has 4 heteroatoms. The molecule has 1 atom stereocenters. The van der Waals surface area contributed by atoms with Gasteiger partial charge in [-0.05, 0) is 36.1 Å². The van der Waals surface area contributed by atoms with Gasteiger partial charge in [0.25, 0.3) is 0 Å². The molecule has 1 heterocycles. The normalized spacial score (nSPS) is 12.2. The molecule has 1 aromatic carbocycles. The van der Waals surface area contributed by atoms with Crippen molar-refractivity contribution in [2.24, 2.45) is 5.73 Å². The quantitative estimate of drug-likeness (QED) is 0.921. The third kappa shape index (κ3) is 4.33. The Balaban J connectivity index is 1.95. The van der Waals surface area contributed by atoms with Crippen LogP contribution in [-0.2, 0) is 12.8 Å². The maximum absolute atomic E-state index is 6.18. The van der Waals surface area contributed by atoms with Crippen LogP contribution in [0.2, 0.25) is 0 Å². The van der Waals surface area contributed by atoms with Crippen LogP contribution in [0.5, 0.6) is 5.88 Å². The van der Waals surface area contributed by atoms with E-state index in [1.807, 2.05) is 30.5 Å². The zero-order valence-electron chi connectivity index (χ0n) is 10.8. The fourth-order valence-electron chi connectivity index (χ4n) is 1.99. The summed E-state index contributed by atoms with van der Waals surface area (Å²) in [6.45, 7) is 0. The molecule has 1 aromatic heterocycles. The fourth-order valence-corrected chi connectivity index (χ4v) is 2.44. The molecule has 0 fully saturated rings. The molecular weight excluding hydrogens is 304 g/mol. The van der Waals surface area contributed by atoms with E-state index in [9.17, 15) is 0 Å². The number of aromatic nitrogens is 1. The topological polar surface area (TPSA) is 48.1 Å². The van der Waals surface area contributed by atoms with E-state index < -0.39 is 0 Å². The zero-order chi connectivity index (χ0) is 13.7. The Hall–Kier alpha value is -1.39. The lowest BCUT2D eigenvalue weighted by Gasteiger charge is -2.12. The highest BCUT2D eigenvalue weighted by atomic mass is 79.9. The molecule has 0 aliphatic carbocycles. The number of methoxy groups -OCH3 is 1. The molecule has 1 unspecified atom stereocenters. The van der Waals surface area contributed by atoms with Gasteiger partial charge in [0.05, 0.1) is 7.11 Å². The molecule has 0 radical (unpaired) electrons. The van der Waals surface area contributed by atoms with Gasteiger partial charge in [0.1, 0.15) is 0 Å². The molecule has 2 aromatic rings. The summed E-state index contributed by atoms with van der Waals surface area (Å²) in [6, 6.07) is 12.2. The van der Waals surface area contributed by atoms with Crippen LogP contribution in [0.1, 0.15) is 11.1 Å². The van der Waals surface area contributed by atoms with Gasteiger partial charge >= 0.3 is 0 Å². The number of nitrogens with two attached hydrogens (primary N) is 1. The Morgan fingerprint density at radius 1 is 1.21 bits per heavy atom. The number of hydrogen-bond donors (Lipinski definition) is 1. The molecule has 2 N–H and O–H groups in total. The van der Waals surface area contributed by atoms with E-state index in [0.717, 1.165) is 22.9 Å². The maximum atomic E-state index is 6.18. The van der Waals surface area contributed by atoms with E-state index in [2.05, 4.69) is 33.0 Å². The molecule has 3 nitrogen and oxygen atoms in total. The summed E-state index contributed by atoms with van der Waals surface area (Å²) in [4.78, 5) is 4.19. The van der Waals surface area contributed by atoms with Crippen LogP contribution in [0.4, 0.5) is 0 Å². The van der Waals surface area contributed by atoms with Crippen LogP contribution in [0.25, 0.3) is 0 Å². The predicted octanol–water partition coefficient (Wildman–Crippen LogP) is 2.97. The second-order valence-electron chi connectivity index (χ2n) is 4.51. The number of rotatable bonds is 5. The summed E-state index contributed by atoms with van der Waals surface area (Å²) in [5, 5.41) is 0. The molecule has 0 aliphatic heterocycles. The summed E-state index contributed by atoms with van der Waals surface area (Å²) in [5.41, 5.74) is 8.55. The van der Waals surface area contributed by atoms with E-state index >= 15 is 0 Å². The smallest absolute Gasteiger partial charge is 0.212 e. The average Bonchev–Trinajstić information content (AvgIpc) is 2.39. The van der Waals surface area contributed by atoms with Gasteiger partial charge in [0, 0.05) is 22.8 Å². The number of pyridine rings is 1. The molecule has 19 heavy (non-hydrogen) atoms. The lowest BCUT2D eigenvalue weighted by molar-refractivity contribution is 0.397. The Labute approximate surface area is 121 Å². The molecular formula is C15H17BrN2O. The van der Waals surface area contributed by atoms with Gasteiger partial charge < -0.3 is 10.5 Å². The monoisotopic (exact) mass is 320 g/mol. The SMILES string of the molecule is COc1ccc(CC(N)Cc2cccc(Br)c2)cn1. The Kier molecular flexibility index (Phi) is 4.93. The number of ether oxygens (including phenoxy) is 1. The van der Waals surface area contributed by atoms with Crippen LogP contribution in [0.3, 0.4) is 0 Å². The molecule has 0 aliphatic rings.